The van der Waals surface area contributed by atoms with Crippen LogP contribution in [0.1, 0.15) is 5.69 Å². The summed E-state index contributed by atoms with van der Waals surface area (Å²) in [6.45, 7) is 3.50. The molecule has 8 heteroatoms. The maximum Gasteiger partial charge on any atom is 0.157 e. The summed E-state index contributed by atoms with van der Waals surface area (Å²) in [5, 5.41) is 2.79. The smallest absolute Gasteiger partial charge is 0.157 e. The third kappa shape index (κ3) is 4.13. The predicted octanol–water partition coefficient (Wildman–Crippen LogP) is 0.422. The molecule has 0 aromatic carbocycles. The Kier molecular flexibility index (Phi) is 6.47. The third-order valence-corrected chi connectivity index (χ3v) is 4.72. The standard InChI is InChI=1S/C9H15N3O2S.2ClH/c1-8-5-12(7-11-8)6-9-4-10-2-3-15(9,13)14;;/h5,7,9-10H,2-4,6H2,1H3;2*1H/t9-;;/m1../s1. The van der Waals surface area contributed by atoms with Crippen LogP contribution in [-0.4, -0.2) is 42.1 Å². The van der Waals surface area contributed by atoms with Crippen LogP contribution in [0.4, 0.5) is 0 Å². The van der Waals surface area contributed by atoms with Crippen LogP contribution in [0.2, 0.25) is 0 Å². The summed E-state index contributed by atoms with van der Waals surface area (Å²) in [6, 6.07) is 0. The number of halogens is 2. The lowest BCUT2D eigenvalue weighted by Gasteiger charge is -2.23. The van der Waals surface area contributed by atoms with Crippen molar-refractivity contribution in [2.24, 2.45) is 0 Å². The minimum atomic E-state index is -2.92. The highest BCUT2D eigenvalue weighted by Crippen LogP contribution is 2.09. The summed E-state index contributed by atoms with van der Waals surface area (Å²) in [4.78, 5) is 4.08. The first-order valence-corrected chi connectivity index (χ1v) is 6.70. The normalized spacial score (nSPS) is 22.3. The number of nitrogens with zero attached hydrogens (tertiary/aromatic N) is 2. The fourth-order valence-electron chi connectivity index (χ4n) is 1.76. The van der Waals surface area contributed by atoms with Gasteiger partial charge in [-0.3, -0.25) is 0 Å². The van der Waals surface area contributed by atoms with Crippen LogP contribution in [0.15, 0.2) is 12.5 Å². The Balaban J connectivity index is 0.00000128. The highest BCUT2D eigenvalue weighted by molar-refractivity contribution is 7.92. The SMILES string of the molecule is Cc1cn(C[C@H]2CNCCS2(=O)=O)cn1.Cl.Cl. The van der Waals surface area contributed by atoms with Gasteiger partial charge in [-0.2, -0.15) is 0 Å². The molecule has 0 saturated carbocycles. The third-order valence-electron chi connectivity index (χ3n) is 2.62. The summed E-state index contributed by atoms with van der Waals surface area (Å²) in [5.74, 6) is 0.241. The van der Waals surface area contributed by atoms with E-state index < -0.39 is 9.84 Å². The Morgan fingerprint density at radius 2 is 2.24 bits per heavy atom. The van der Waals surface area contributed by atoms with Crippen molar-refractivity contribution in [1.29, 1.82) is 0 Å². The molecule has 0 amide bonds. The van der Waals surface area contributed by atoms with E-state index in [1.54, 1.807) is 6.33 Å². The topological polar surface area (TPSA) is 64.0 Å². The van der Waals surface area contributed by atoms with Crippen LogP contribution in [-0.2, 0) is 16.4 Å². The molecular formula is C9H17Cl2N3O2S. The van der Waals surface area contributed by atoms with Crippen LogP contribution in [0.5, 0.6) is 0 Å². The van der Waals surface area contributed by atoms with Crippen molar-refractivity contribution in [3.63, 3.8) is 0 Å². The predicted molar refractivity (Wildman–Crippen MR) is 71.9 cm³/mol. The zero-order valence-corrected chi connectivity index (χ0v) is 11.9. The summed E-state index contributed by atoms with van der Waals surface area (Å²) in [5.41, 5.74) is 0.913. The van der Waals surface area contributed by atoms with E-state index in [-0.39, 0.29) is 35.8 Å². The summed E-state index contributed by atoms with van der Waals surface area (Å²) in [7, 11) is -2.92. The van der Waals surface area contributed by atoms with Crippen molar-refractivity contribution in [1.82, 2.24) is 14.9 Å². The summed E-state index contributed by atoms with van der Waals surface area (Å²) in [6.07, 6.45) is 3.55. The van der Waals surface area contributed by atoms with Crippen LogP contribution in [0, 0.1) is 6.92 Å². The molecule has 1 aromatic rings. The minimum Gasteiger partial charge on any atom is -0.336 e. The molecule has 2 heterocycles. The first kappa shape index (κ1) is 16.7. The van der Waals surface area contributed by atoms with Gasteiger partial charge in [-0.1, -0.05) is 0 Å². The number of aromatic nitrogens is 2. The Morgan fingerprint density at radius 1 is 1.53 bits per heavy atom. The van der Waals surface area contributed by atoms with E-state index in [9.17, 15) is 8.42 Å². The molecule has 1 saturated heterocycles. The van der Waals surface area contributed by atoms with Gasteiger partial charge in [0.2, 0.25) is 0 Å². The first-order chi connectivity index (χ1) is 7.08. The molecule has 0 bridgehead atoms. The molecule has 0 unspecified atom stereocenters. The molecule has 100 valence electrons. The average Bonchev–Trinajstić information content (AvgIpc) is 2.55. The van der Waals surface area contributed by atoms with Gasteiger partial charge in [0, 0.05) is 25.8 Å². The van der Waals surface area contributed by atoms with E-state index in [1.165, 1.54) is 0 Å². The molecule has 0 aliphatic carbocycles. The monoisotopic (exact) mass is 301 g/mol. The van der Waals surface area contributed by atoms with Crippen molar-refractivity contribution < 1.29 is 8.42 Å². The van der Waals surface area contributed by atoms with Gasteiger partial charge in [-0.05, 0) is 6.92 Å². The highest BCUT2D eigenvalue weighted by Gasteiger charge is 2.28. The van der Waals surface area contributed by atoms with Crippen LogP contribution in [0.25, 0.3) is 0 Å². The highest BCUT2D eigenvalue weighted by atomic mass is 35.5. The quantitative estimate of drug-likeness (QED) is 0.860. The van der Waals surface area contributed by atoms with Gasteiger partial charge in [-0.25, -0.2) is 13.4 Å². The Bertz CT molecular complexity index is 447. The van der Waals surface area contributed by atoms with Gasteiger partial charge in [0.1, 0.15) is 0 Å². The zero-order chi connectivity index (χ0) is 10.9. The van der Waals surface area contributed by atoms with Gasteiger partial charge in [0.25, 0.3) is 0 Å². The second-order valence-electron chi connectivity index (χ2n) is 3.90. The van der Waals surface area contributed by atoms with E-state index in [2.05, 4.69) is 10.3 Å². The average molecular weight is 302 g/mol. The van der Waals surface area contributed by atoms with Gasteiger partial charge in [0.05, 0.1) is 23.0 Å². The van der Waals surface area contributed by atoms with E-state index in [4.69, 9.17) is 0 Å². The Hall–Kier alpha value is -0.300. The van der Waals surface area contributed by atoms with Crippen molar-refractivity contribution >= 4 is 34.7 Å². The van der Waals surface area contributed by atoms with E-state index >= 15 is 0 Å². The molecule has 1 fully saturated rings. The molecule has 17 heavy (non-hydrogen) atoms. The molecule has 1 atom stereocenters. The number of aryl methyl sites for hydroxylation is 1. The maximum absolute atomic E-state index is 11.7. The lowest BCUT2D eigenvalue weighted by molar-refractivity contribution is 0.516. The second kappa shape index (κ2) is 6.58. The molecule has 1 aromatic heterocycles. The molecule has 1 aliphatic rings. The molecule has 1 N–H and O–H groups in total. The molecule has 2 rings (SSSR count). The van der Waals surface area contributed by atoms with Crippen molar-refractivity contribution in [3.05, 3.63) is 18.2 Å². The minimum absolute atomic E-state index is 0. The Labute approximate surface area is 114 Å². The van der Waals surface area contributed by atoms with E-state index in [1.807, 2.05) is 17.7 Å². The van der Waals surface area contributed by atoms with Crippen molar-refractivity contribution in [3.8, 4) is 0 Å². The fourth-order valence-corrected chi connectivity index (χ4v) is 3.29. The molecule has 1 aliphatic heterocycles. The molecular weight excluding hydrogens is 285 g/mol. The molecule has 0 spiro atoms. The van der Waals surface area contributed by atoms with Gasteiger partial charge in [-0.15, -0.1) is 24.8 Å². The molecule has 0 radical (unpaired) electrons. The number of hydrogen-bond acceptors (Lipinski definition) is 4. The second-order valence-corrected chi connectivity index (χ2v) is 6.31. The maximum atomic E-state index is 11.7. The number of nitrogens with one attached hydrogen (secondary N) is 1. The zero-order valence-electron chi connectivity index (χ0n) is 9.50. The molecule has 5 nitrogen and oxygen atoms in total. The van der Waals surface area contributed by atoms with Crippen molar-refractivity contribution in [2.45, 2.75) is 18.7 Å². The lowest BCUT2D eigenvalue weighted by Crippen LogP contribution is -2.45. The van der Waals surface area contributed by atoms with Gasteiger partial charge < -0.3 is 9.88 Å². The lowest BCUT2D eigenvalue weighted by atomic mass is 10.4. The van der Waals surface area contributed by atoms with Gasteiger partial charge >= 0.3 is 0 Å². The number of imidazole rings is 1. The summed E-state index contributed by atoms with van der Waals surface area (Å²) >= 11 is 0. The number of hydrogen-bond donors (Lipinski definition) is 1. The van der Waals surface area contributed by atoms with E-state index in [0.717, 1.165) is 5.69 Å². The van der Waals surface area contributed by atoms with E-state index in [0.29, 0.717) is 19.6 Å². The number of rotatable bonds is 2. The van der Waals surface area contributed by atoms with Crippen LogP contribution in [0.3, 0.4) is 0 Å². The van der Waals surface area contributed by atoms with Crippen LogP contribution < -0.4 is 5.32 Å². The fraction of sp³-hybridized carbons (Fsp3) is 0.667. The summed E-state index contributed by atoms with van der Waals surface area (Å²) < 4.78 is 25.3. The van der Waals surface area contributed by atoms with Crippen LogP contribution >= 0.6 is 24.8 Å². The van der Waals surface area contributed by atoms with Gasteiger partial charge in [0.15, 0.2) is 9.84 Å². The number of sulfone groups is 1. The first-order valence-electron chi connectivity index (χ1n) is 4.98. The Morgan fingerprint density at radius 3 is 2.76 bits per heavy atom. The largest absolute Gasteiger partial charge is 0.336 e. The van der Waals surface area contributed by atoms with Crippen molar-refractivity contribution in [2.75, 3.05) is 18.8 Å².